The van der Waals surface area contributed by atoms with Gasteiger partial charge in [0.05, 0.1) is 12.2 Å². The van der Waals surface area contributed by atoms with E-state index in [1.807, 2.05) is 34.1 Å². The van der Waals surface area contributed by atoms with Crippen molar-refractivity contribution >= 4 is 45.9 Å². The van der Waals surface area contributed by atoms with Gasteiger partial charge >= 0.3 is 0 Å². The van der Waals surface area contributed by atoms with E-state index in [2.05, 4.69) is 53.7 Å². The van der Waals surface area contributed by atoms with E-state index in [1.54, 1.807) is 0 Å². The molecule has 1 N–H and O–H groups in total. The Kier molecular flexibility index (Phi) is 8.28. The first kappa shape index (κ1) is 21.0. The largest absolute Gasteiger partial charge is 0.444 e. The predicted molar refractivity (Wildman–Crippen MR) is 111 cm³/mol. The van der Waals surface area contributed by atoms with Gasteiger partial charge in [0.1, 0.15) is 12.3 Å². The lowest BCUT2D eigenvalue weighted by Crippen LogP contribution is -2.38. The fourth-order valence-electron chi connectivity index (χ4n) is 2.26. The van der Waals surface area contributed by atoms with Crippen molar-refractivity contribution in [2.45, 2.75) is 33.9 Å². The third-order valence-corrected chi connectivity index (χ3v) is 4.04. The number of oxazole rings is 1. The topological polar surface area (TPSA) is 58.6 Å². The summed E-state index contributed by atoms with van der Waals surface area (Å²) in [5, 5.41) is 3.31. The number of hydrogen-bond acceptors (Lipinski definition) is 3. The van der Waals surface area contributed by atoms with Crippen LogP contribution in [0.3, 0.4) is 0 Å². The number of hydrogen-bond donors (Lipinski definition) is 1. The smallest absolute Gasteiger partial charge is 0.216 e. The molecule has 0 fully saturated rings. The highest BCUT2D eigenvalue weighted by Crippen LogP contribution is 2.15. The maximum Gasteiger partial charge on any atom is 0.216 e. The SMILES string of the molecule is CCNC(=NCc1nc(C)c(C)o1)N(C)Cc1cc(Br)cn1C.I. The molecular formula is C16H25BrIN5O. The lowest BCUT2D eigenvalue weighted by atomic mass is 10.4. The van der Waals surface area contributed by atoms with Crippen molar-refractivity contribution in [1.29, 1.82) is 0 Å². The van der Waals surface area contributed by atoms with Crippen molar-refractivity contribution in [3.63, 3.8) is 0 Å². The molecule has 0 aliphatic heterocycles. The molecule has 0 aliphatic carbocycles. The number of aromatic nitrogens is 2. The van der Waals surface area contributed by atoms with E-state index >= 15 is 0 Å². The van der Waals surface area contributed by atoms with Gasteiger partial charge in [-0.05, 0) is 42.8 Å². The molecule has 0 bridgehead atoms. The van der Waals surface area contributed by atoms with Crippen molar-refractivity contribution < 1.29 is 4.42 Å². The molecule has 2 aromatic rings. The molecule has 0 radical (unpaired) electrons. The van der Waals surface area contributed by atoms with Crippen LogP contribution in [0.1, 0.15) is 30.0 Å². The summed E-state index contributed by atoms with van der Waals surface area (Å²) in [4.78, 5) is 11.1. The van der Waals surface area contributed by atoms with Crippen LogP contribution >= 0.6 is 39.9 Å². The minimum atomic E-state index is 0. The highest BCUT2D eigenvalue weighted by Gasteiger charge is 2.11. The standard InChI is InChI=1S/C16H24BrN5O.HI/c1-6-18-16(19-8-15-20-11(2)12(3)23-15)22(5)10-14-7-13(17)9-21(14)4;/h7,9H,6,8,10H2,1-5H3,(H,18,19);1H. The molecule has 2 aromatic heterocycles. The van der Waals surface area contributed by atoms with Crippen molar-refractivity contribution in [3.8, 4) is 0 Å². The Hall–Kier alpha value is -1.03. The zero-order valence-corrected chi connectivity index (χ0v) is 18.7. The molecule has 6 nitrogen and oxygen atoms in total. The van der Waals surface area contributed by atoms with Crippen LogP contribution < -0.4 is 5.32 Å². The summed E-state index contributed by atoms with van der Waals surface area (Å²) < 4.78 is 8.77. The Morgan fingerprint density at radius 1 is 1.46 bits per heavy atom. The normalized spacial score (nSPS) is 11.3. The maximum absolute atomic E-state index is 5.59. The molecule has 134 valence electrons. The molecule has 0 aromatic carbocycles. The summed E-state index contributed by atoms with van der Waals surface area (Å²) in [5.74, 6) is 2.32. The first-order valence-electron chi connectivity index (χ1n) is 7.63. The zero-order chi connectivity index (χ0) is 17.0. The Morgan fingerprint density at radius 2 is 2.17 bits per heavy atom. The van der Waals surface area contributed by atoms with Gasteiger partial charge in [-0.2, -0.15) is 0 Å². The number of nitrogens with zero attached hydrogens (tertiary/aromatic N) is 4. The lowest BCUT2D eigenvalue weighted by molar-refractivity contribution is 0.450. The molecule has 0 aliphatic rings. The van der Waals surface area contributed by atoms with Gasteiger partial charge in [-0.25, -0.2) is 9.98 Å². The van der Waals surface area contributed by atoms with Crippen molar-refractivity contribution in [1.82, 2.24) is 19.8 Å². The van der Waals surface area contributed by atoms with Gasteiger partial charge in [-0.3, -0.25) is 0 Å². The Labute approximate surface area is 168 Å². The van der Waals surface area contributed by atoms with E-state index < -0.39 is 0 Å². The molecule has 0 spiro atoms. The third-order valence-electron chi connectivity index (χ3n) is 3.61. The summed E-state index contributed by atoms with van der Waals surface area (Å²) in [6.45, 7) is 7.91. The average Bonchev–Trinajstić information content (AvgIpc) is 2.97. The molecule has 24 heavy (non-hydrogen) atoms. The van der Waals surface area contributed by atoms with E-state index in [1.165, 1.54) is 5.69 Å². The number of nitrogens with one attached hydrogen (secondary N) is 1. The van der Waals surface area contributed by atoms with Crippen molar-refractivity contribution in [2.75, 3.05) is 13.6 Å². The first-order chi connectivity index (χ1) is 10.9. The minimum Gasteiger partial charge on any atom is -0.444 e. The van der Waals surface area contributed by atoms with Crippen molar-refractivity contribution in [2.24, 2.45) is 12.0 Å². The van der Waals surface area contributed by atoms with E-state index in [4.69, 9.17) is 4.42 Å². The monoisotopic (exact) mass is 509 g/mol. The van der Waals surface area contributed by atoms with Gasteiger partial charge in [0.25, 0.3) is 0 Å². The van der Waals surface area contributed by atoms with Crippen molar-refractivity contribution in [3.05, 3.63) is 39.8 Å². The van der Waals surface area contributed by atoms with E-state index in [-0.39, 0.29) is 24.0 Å². The molecule has 0 atom stereocenters. The Balaban J connectivity index is 0.00000288. The van der Waals surface area contributed by atoms with Crippen LogP contribution in [-0.2, 0) is 20.1 Å². The molecule has 0 amide bonds. The van der Waals surface area contributed by atoms with E-state index in [0.717, 1.165) is 35.0 Å². The third kappa shape index (κ3) is 5.51. The van der Waals surface area contributed by atoms with Crippen LogP contribution in [0.5, 0.6) is 0 Å². The van der Waals surface area contributed by atoms with Gasteiger partial charge in [-0.15, -0.1) is 24.0 Å². The summed E-state index contributed by atoms with van der Waals surface area (Å²) in [6, 6.07) is 2.11. The number of halogens is 2. The van der Waals surface area contributed by atoms with Crippen LogP contribution in [0.15, 0.2) is 26.1 Å². The fraction of sp³-hybridized carbons (Fsp3) is 0.500. The molecule has 2 rings (SSSR count). The average molecular weight is 510 g/mol. The summed E-state index contributed by atoms with van der Waals surface area (Å²) in [7, 11) is 4.06. The van der Waals surface area contributed by atoms with Gasteiger partial charge in [0.2, 0.25) is 5.89 Å². The number of rotatable bonds is 5. The van der Waals surface area contributed by atoms with E-state index in [9.17, 15) is 0 Å². The van der Waals surface area contributed by atoms with Crippen LogP contribution in [0.2, 0.25) is 0 Å². The minimum absolute atomic E-state index is 0. The van der Waals surface area contributed by atoms with Gasteiger partial charge in [0, 0.05) is 37.0 Å². The Bertz CT molecular complexity index is 675. The molecule has 8 heteroatoms. The molecule has 0 unspecified atom stereocenters. The second kappa shape index (κ2) is 9.45. The number of aliphatic imine (C=N–C) groups is 1. The predicted octanol–water partition coefficient (Wildman–Crippen LogP) is 3.61. The summed E-state index contributed by atoms with van der Waals surface area (Å²) in [6.07, 6.45) is 2.05. The summed E-state index contributed by atoms with van der Waals surface area (Å²) in [5.41, 5.74) is 2.12. The lowest BCUT2D eigenvalue weighted by Gasteiger charge is -2.22. The zero-order valence-electron chi connectivity index (χ0n) is 14.8. The second-order valence-corrected chi connectivity index (χ2v) is 6.45. The number of aryl methyl sites for hydroxylation is 3. The van der Waals surface area contributed by atoms with Crippen LogP contribution in [0.25, 0.3) is 0 Å². The summed E-state index contributed by atoms with van der Waals surface area (Å²) >= 11 is 3.51. The number of guanidine groups is 1. The van der Waals surface area contributed by atoms with E-state index in [0.29, 0.717) is 12.4 Å². The van der Waals surface area contributed by atoms with Crippen LogP contribution in [0.4, 0.5) is 0 Å². The molecule has 0 saturated heterocycles. The molecular weight excluding hydrogens is 485 g/mol. The highest BCUT2D eigenvalue weighted by molar-refractivity contribution is 14.0. The van der Waals surface area contributed by atoms with Crippen LogP contribution in [-0.4, -0.2) is 34.0 Å². The van der Waals surface area contributed by atoms with Gasteiger partial charge in [0.15, 0.2) is 5.96 Å². The molecule has 2 heterocycles. The fourth-order valence-corrected chi connectivity index (χ4v) is 2.83. The molecule has 0 saturated carbocycles. The second-order valence-electron chi connectivity index (χ2n) is 5.54. The van der Waals surface area contributed by atoms with Gasteiger partial charge < -0.3 is 19.2 Å². The first-order valence-corrected chi connectivity index (χ1v) is 8.43. The Morgan fingerprint density at radius 3 is 2.67 bits per heavy atom. The highest BCUT2D eigenvalue weighted by atomic mass is 127. The maximum atomic E-state index is 5.59. The quantitative estimate of drug-likeness (QED) is 0.380. The van der Waals surface area contributed by atoms with Crippen LogP contribution in [0, 0.1) is 13.8 Å². The van der Waals surface area contributed by atoms with Gasteiger partial charge in [-0.1, -0.05) is 0 Å².